The van der Waals surface area contributed by atoms with Crippen LogP contribution >= 0.6 is 0 Å². The van der Waals surface area contributed by atoms with Gasteiger partial charge in [0.25, 0.3) is 5.91 Å². The molecule has 0 aromatic heterocycles. The summed E-state index contributed by atoms with van der Waals surface area (Å²) in [6.07, 6.45) is 5.67. The number of benzene rings is 1. The van der Waals surface area contributed by atoms with Gasteiger partial charge in [0.2, 0.25) is 5.91 Å². The van der Waals surface area contributed by atoms with Gasteiger partial charge in [-0.25, -0.2) is 0 Å². The molecule has 2 unspecified atom stereocenters. The van der Waals surface area contributed by atoms with E-state index in [-0.39, 0.29) is 30.4 Å². The molecule has 0 radical (unpaired) electrons. The highest BCUT2D eigenvalue weighted by molar-refractivity contribution is 5.94. The number of aliphatic hydroxyl groups is 1. The van der Waals surface area contributed by atoms with Crippen LogP contribution in [0.25, 0.3) is 0 Å². The van der Waals surface area contributed by atoms with Crippen LogP contribution in [0.1, 0.15) is 54.4 Å². The number of rotatable bonds is 5. The van der Waals surface area contributed by atoms with Gasteiger partial charge >= 0.3 is 0 Å². The number of aliphatic hydroxyl groups excluding tert-OH is 1. The summed E-state index contributed by atoms with van der Waals surface area (Å²) < 4.78 is 0. The van der Waals surface area contributed by atoms with Crippen molar-refractivity contribution in [2.75, 3.05) is 13.2 Å². The van der Waals surface area contributed by atoms with E-state index in [4.69, 9.17) is 0 Å². The summed E-state index contributed by atoms with van der Waals surface area (Å²) in [5, 5.41) is 12.6. The fourth-order valence-corrected chi connectivity index (χ4v) is 3.77. The summed E-state index contributed by atoms with van der Waals surface area (Å²) in [4.78, 5) is 26.2. The molecule has 5 heteroatoms. The van der Waals surface area contributed by atoms with Crippen molar-refractivity contribution in [1.29, 1.82) is 0 Å². The first-order valence-corrected chi connectivity index (χ1v) is 8.96. The Kier molecular flexibility index (Phi) is 5.51. The van der Waals surface area contributed by atoms with E-state index < -0.39 is 0 Å². The summed E-state index contributed by atoms with van der Waals surface area (Å²) in [6.45, 7) is 1.50. The maximum absolute atomic E-state index is 12.6. The highest BCUT2D eigenvalue weighted by Crippen LogP contribution is 2.24. The predicted molar refractivity (Wildman–Crippen MR) is 91.4 cm³/mol. The van der Waals surface area contributed by atoms with Crippen molar-refractivity contribution in [2.24, 2.45) is 5.92 Å². The molecule has 5 nitrogen and oxygen atoms in total. The Morgan fingerprint density at radius 3 is 2.83 bits per heavy atom. The van der Waals surface area contributed by atoms with E-state index in [1.807, 2.05) is 23.1 Å². The Hall–Kier alpha value is -1.88. The monoisotopic (exact) mass is 330 g/mol. The Morgan fingerprint density at radius 2 is 2.08 bits per heavy atom. The van der Waals surface area contributed by atoms with Crippen LogP contribution in [-0.2, 0) is 11.3 Å². The minimum Gasteiger partial charge on any atom is -0.396 e. The molecular weight excluding hydrogens is 304 g/mol. The van der Waals surface area contributed by atoms with Crippen LogP contribution in [0.3, 0.4) is 0 Å². The summed E-state index contributed by atoms with van der Waals surface area (Å²) in [5.74, 6) is 0.265. The molecule has 1 aliphatic carbocycles. The van der Waals surface area contributed by atoms with E-state index in [0.717, 1.165) is 44.2 Å². The molecule has 1 heterocycles. The minimum absolute atomic E-state index is 0.0556. The highest BCUT2D eigenvalue weighted by atomic mass is 16.3. The van der Waals surface area contributed by atoms with E-state index in [1.54, 1.807) is 6.07 Å². The van der Waals surface area contributed by atoms with Crippen LogP contribution in [0.4, 0.5) is 0 Å². The normalized spacial score (nSPS) is 24.2. The molecule has 1 saturated carbocycles. The van der Waals surface area contributed by atoms with Gasteiger partial charge in [-0.15, -0.1) is 0 Å². The number of hydrogen-bond acceptors (Lipinski definition) is 3. The summed E-state index contributed by atoms with van der Waals surface area (Å²) in [5.41, 5.74) is 1.61. The van der Waals surface area contributed by atoms with Crippen molar-refractivity contribution in [3.8, 4) is 0 Å². The molecule has 2 atom stereocenters. The molecule has 3 rings (SSSR count). The maximum atomic E-state index is 12.6. The average Bonchev–Trinajstić information content (AvgIpc) is 3.00. The Morgan fingerprint density at radius 1 is 1.25 bits per heavy atom. The first-order chi connectivity index (χ1) is 11.7. The van der Waals surface area contributed by atoms with Gasteiger partial charge in [-0.1, -0.05) is 25.0 Å². The summed E-state index contributed by atoms with van der Waals surface area (Å²) in [6, 6.07) is 7.56. The zero-order valence-electron chi connectivity index (χ0n) is 14.0. The van der Waals surface area contributed by atoms with Gasteiger partial charge in [0.1, 0.15) is 0 Å². The third kappa shape index (κ3) is 3.96. The van der Waals surface area contributed by atoms with Crippen LogP contribution in [-0.4, -0.2) is 41.0 Å². The van der Waals surface area contributed by atoms with E-state index in [9.17, 15) is 14.7 Å². The molecular formula is C19H26N2O3. The van der Waals surface area contributed by atoms with E-state index in [2.05, 4.69) is 5.32 Å². The molecule has 2 fully saturated rings. The zero-order chi connectivity index (χ0) is 16.9. The van der Waals surface area contributed by atoms with Gasteiger partial charge in [0, 0.05) is 43.6 Å². The highest BCUT2D eigenvalue weighted by Gasteiger charge is 2.26. The van der Waals surface area contributed by atoms with Gasteiger partial charge in [-0.05, 0) is 37.0 Å². The quantitative estimate of drug-likeness (QED) is 0.868. The number of nitrogens with one attached hydrogen (secondary N) is 1. The Labute approximate surface area is 143 Å². The zero-order valence-corrected chi connectivity index (χ0v) is 14.0. The van der Waals surface area contributed by atoms with Gasteiger partial charge < -0.3 is 15.3 Å². The lowest BCUT2D eigenvalue weighted by molar-refractivity contribution is -0.128. The molecule has 1 aliphatic heterocycles. The molecule has 2 aliphatic rings. The molecule has 0 spiro atoms. The number of carbonyl (C=O) groups is 2. The Balaban J connectivity index is 1.64. The third-order valence-corrected chi connectivity index (χ3v) is 5.19. The SMILES string of the molecule is O=C(NC1CCCCC1CO)c1cccc(CN2CCCC2=O)c1. The second-order valence-electron chi connectivity index (χ2n) is 6.93. The number of hydrogen-bond donors (Lipinski definition) is 2. The van der Waals surface area contributed by atoms with Gasteiger partial charge in [-0.2, -0.15) is 0 Å². The fourth-order valence-electron chi connectivity index (χ4n) is 3.77. The molecule has 130 valence electrons. The van der Waals surface area contributed by atoms with Crippen LogP contribution in [0, 0.1) is 5.92 Å². The second kappa shape index (κ2) is 7.79. The Bertz CT molecular complexity index is 602. The van der Waals surface area contributed by atoms with Gasteiger partial charge in [0.15, 0.2) is 0 Å². The van der Waals surface area contributed by atoms with Crippen molar-refractivity contribution >= 4 is 11.8 Å². The first-order valence-electron chi connectivity index (χ1n) is 8.96. The summed E-state index contributed by atoms with van der Waals surface area (Å²) in [7, 11) is 0. The van der Waals surface area contributed by atoms with E-state index in [1.165, 1.54) is 0 Å². The topological polar surface area (TPSA) is 69.6 Å². The van der Waals surface area contributed by atoms with Crippen molar-refractivity contribution in [3.63, 3.8) is 0 Å². The molecule has 1 aromatic rings. The third-order valence-electron chi connectivity index (χ3n) is 5.19. The lowest BCUT2D eigenvalue weighted by Gasteiger charge is -2.30. The van der Waals surface area contributed by atoms with E-state index >= 15 is 0 Å². The predicted octanol–water partition coefficient (Wildman–Crippen LogP) is 2.09. The van der Waals surface area contributed by atoms with Crippen molar-refractivity contribution < 1.29 is 14.7 Å². The summed E-state index contributed by atoms with van der Waals surface area (Å²) >= 11 is 0. The lowest BCUT2D eigenvalue weighted by atomic mass is 9.85. The molecule has 1 aromatic carbocycles. The standard InChI is InChI=1S/C19H26N2O3/c22-13-16-6-1-2-8-17(16)20-19(24)15-7-3-5-14(11-15)12-21-10-4-9-18(21)23/h3,5,7,11,16-17,22H,1-2,4,6,8-10,12-13H2,(H,20,24). The number of likely N-dealkylation sites (tertiary alicyclic amines) is 1. The van der Waals surface area contributed by atoms with Crippen molar-refractivity contribution in [1.82, 2.24) is 10.2 Å². The largest absolute Gasteiger partial charge is 0.396 e. The maximum Gasteiger partial charge on any atom is 0.251 e. The van der Waals surface area contributed by atoms with Gasteiger partial charge in [0.05, 0.1) is 0 Å². The molecule has 2 amide bonds. The molecule has 24 heavy (non-hydrogen) atoms. The van der Waals surface area contributed by atoms with Crippen LogP contribution in [0.2, 0.25) is 0 Å². The van der Waals surface area contributed by atoms with Crippen molar-refractivity contribution in [3.05, 3.63) is 35.4 Å². The van der Waals surface area contributed by atoms with Crippen LogP contribution < -0.4 is 5.32 Å². The minimum atomic E-state index is -0.0880. The van der Waals surface area contributed by atoms with Gasteiger partial charge in [-0.3, -0.25) is 9.59 Å². The van der Waals surface area contributed by atoms with Crippen molar-refractivity contribution in [2.45, 2.75) is 51.1 Å². The average molecular weight is 330 g/mol. The molecule has 1 saturated heterocycles. The smallest absolute Gasteiger partial charge is 0.251 e. The number of carbonyl (C=O) groups excluding carboxylic acids is 2. The van der Waals surface area contributed by atoms with Crippen LogP contribution in [0.5, 0.6) is 0 Å². The molecule has 0 bridgehead atoms. The number of amides is 2. The molecule has 2 N–H and O–H groups in total. The second-order valence-corrected chi connectivity index (χ2v) is 6.93. The first kappa shape index (κ1) is 17.0. The lowest BCUT2D eigenvalue weighted by Crippen LogP contribution is -2.43. The number of nitrogens with zero attached hydrogens (tertiary/aromatic N) is 1. The van der Waals surface area contributed by atoms with Crippen LogP contribution in [0.15, 0.2) is 24.3 Å². The van der Waals surface area contributed by atoms with E-state index in [0.29, 0.717) is 18.5 Å². The fraction of sp³-hybridized carbons (Fsp3) is 0.579.